The lowest BCUT2D eigenvalue weighted by atomic mass is 9.59. The molecule has 2 saturated heterocycles. The summed E-state index contributed by atoms with van der Waals surface area (Å²) in [7, 11) is -3.32. The van der Waals surface area contributed by atoms with E-state index in [9.17, 15) is 13.2 Å². The van der Waals surface area contributed by atoms with Crippen LogP contribution >= 0.6 is 0 Å². The first-order valence-electron chi connectivity index (χ1n) is 10.1. The van der Waals surface area contributed by atoms with Crippen molar-refractivity contribution in [2.45, 2.75) is 75.8 Å². The largest absolute Gasteiger partial charge is 0.346 e. The number of nitrogens with one attached hydrogen (secondary N) is 1. The Balaban J connectivity index is 1.56. The van der Waals surface area contributed by atoms with Crippen LogP contribution in [0.1, 0.15) is 64.4 Å². The molecule has 7 heteroatoms. The summed E-state index contributed by atoms with van der Waals surface area (Å²) in [5.74, 6) is 0.205. The van der Waals surface area contributed by atoms with Crippen molar-refractivity contribution in [3.05, 3.63) is 24.0 Å². The van der Waals surface area contributed by atoms with E-state index in [4.69, 9.17) is 0 Å². The molecular weight excluding hydrogens is 374 g/mol. The molecule has 0 spiro atoms. The third-order valence-electron chi connectivity index (χ3n) is 6.71. The quantitative estimate of drug-likeness (QED) is 0.826. The number of aromatic amines is 1. The van der Waals surface area contributed by atoms with Gasteiger partial charge in [0.1, 0.15) is 5.65 Å². The molecular formula is C21H29N3O3S. The van der Waals surface area contributed by atoms with Crippen molar-refractivity contribution >= 4 is 26.8 Å². The molecule has 6 nitrogen and oxygen atoms in total. The Morgan fingerprint density at radius 3 is 2.75 bits per heavy atom. The Morgan fingerprint density at radius 2 is 2.11 bits per heavy atom. The van der Waals surface area contributed by atoms with E-state index in [0.717, 1.165) is 36.6 Å². The van der Waals surface area contributed by atoms with Crippen LogP contribution < -0.4 is 0 Å². The average molecular weight is 404 g/mol. The predicted octanol–water partition coefficient (Wildman–Crippen LogP) is 3.64. The van der Waals surface area contributed by atoms with E-state index in [0.29, 0.717) is 29.6 Å². The molecule has 2 aliphatic heterocycles. The van der Waals surface area contributed by atoms with Crippen molar-refractivity contribution in [2.75, 3.05) is 6.26 Å². The number of sulfone groups is 1. The van der Waals surface area contributed by atoms with E-state index < -0.39 is 9.84 Å². The number of fused-ring (bicyclic) bond motifs is 3. The van der Waals surface area contributed by atoms with Gasteiger partial charge in [-0.2, -0.15) is 0 Å². The molecule has 28 heavy (non-hydrogen) atoms. The summed E-state index contributed by atoms with van der Waals surface area (Å²) >= 11 is 0. The molecule has 2 aromatic rings. The summed E-state index contributed by atoms with van der Waals surface area (Å²) in [6, 6.07) is 2.40. The van der Waals surface area contributed by atoms with Gasteiger partial charge < -0.3 is 9.88 Å². The van der Waals surface area contributed by atoms with E-state index in [1.54, 1.807) is 6.07 Å². The fourth-order valence-corrected chi connectivity index (χ4v) is 5.82. The lowest BCUT2D eigenvalue weighted by Crippen LogP contribution is -2.62. The Morgan fingerprint density at radius 1 is 1.39 bits per heavy atom. The third kappa shape index (κ3) is 3.23. The second-order valence-corrected chi connectivity index (χ2v) is 11.1. The maximum atomic E-state index is 13.2. The minimum absolute atomic E-state index is 0.0104. The van der Waals surface area contributed by atoms with E-state index in [2.05, 4.69) is 28.7 Å². The maximum Gasteiger partial charge on any atom is 0.223 e. The molecule has 2 aromatic heterocycles. The van der Waals surface area contributed by atoms with Crippen molar-refractivity contribution in [3.63, 3.8) is 0 Å². The number of hydrogen-bond donors (Lipinski definition) is 1. The van der Waals surface area contributed by atoms with Gasteiger partial charge in [0.25, 0.3) is 0 Å². The zero-order valence-corrected chi connectivity index (χ0v) is 17.8. The number of carbonyl (C=O) groups excluding carboxylic acids is 1. The second kappa shape index (κ2) is 6.58. The maximum absolute atomic E-state index is 13.2. The van der Waals surface area contributed by atoms with Gasteiger partial charge in [-0.1, -0.05) is 20.8 Å². The van der Waals surface area contributed by atoms with Crippen LogP contribution in [0.15, 0.2) is 23.4 Å². The Bertz CT molecular complexity index is 1020. The summed E-state index contributed by atoms with van der Waals surface area (Å²) < 4.78 is 23.8. The van der Waals surface area contributed by atoms with Crippen LogP contribution in [0.3, 0.4) is 0 Å². The summed E-state index contributed by atoms with van der Waals surface area (Å²) in [6.07, 6.45) is 9.20. The van der Waals surface area contributed by atoms with Gasteiger partial charge in [0.15, 0.2) is 9.84 Å². The number of piperidine rings is 2. The normalized spacial score (nSPS) is 28.2. The molecule has 2 bridgehead atoms. The highest BCUT2D eigenvalue weighted by molar-refractivity contribution is 7.90. The summed E-state index contributed by atoms with van der Waals surface area (Å²) in [5, 5.41) is 0.783. The fourth-order valence-electron chi connectivity index (χ4n) is 5.25. The molecule has 0 radical (unpaired) electrons. The van der Waals surface area contributed by atoms with E-state index in [1.807, 2.05) is 13.1 Å². The highest BCUT2D eigenvalue weighted by atomic mass is 32.2. The SMILES string of the molecule is CCC1CC2(C)CC(C2)N1C(=O)CC(C)c1c[nH]c2ncc(S(C)(=O)=O)cc12. The van der Waals surface area contributed by atoms with Gasteiger partial charge in [-0.05, 0) is 48.6 Å². The molecule has 2 atom stereocenters. The van der Waals surface area contributed by atoms with Crippen molar-refractivity contribution in [1.82, 2.24) is 14.9 Å². The van der Waals surface area contributed by atoms with Crippen LogP contribution in [0.2, 0.25) is 0 Å². The molecule has 0 aromatic carbocycles. The number of H-pyrrole nitrogens is 1. The van der Waals surface area contributed by atoms with Gasteiger partial charge in [0.2, 0.25) is 5.91 Å². The highest BCUT2D eigenvalue weighted by Crippen LogP contribution is 2.53. The fraction of sp³-hybridized carbons (Fsp3) is 0.619. The van der Waals surface area contributed by atoms with Crippen LogP contribution in [-0.4, -0.2) is 47.5 Å². The van der Waals surface area contributed by atoms with Crippen molar-refractivity contribution in [3.8, 4) is 0 Å². The molecule has 1 aliphatic carbocycles. The van der Waals surface area contributed by atoms with Crippen LogP contribution in [0.4, 0.5) is 0 Å². The molecule has 152 valence electrons. The van der Waals surface area contributed by atoms with Crippen molar-refractivity contribution in [2.24, 2.45) is 5.41 Å². The summed E-state index contributed by atoms with van der Waals surface area (Å²) in [4.78, 5) is 22.9. The van der Waals surface area contributed by atoms with Crippen LogP contribution in [-0.2, 0) is 14.6 Å². The predicted molar refractivity (Wildman–Crippen MR) is 109 cm³/mol. The number of hydrogen-bond acceptors (Lipinski definition) is 4. The number of nitrogens with zero attached hydrogens (tertiary/aromatic N) is 2. The minimum Gasteiger partial charge on any atom is -0.346 e. The van der Waals surface area contributed by atoms with E-state index in [-0.39, 0.29) is 16.7 Å². The van der Waals surface area contributed by atoms with Crippen LogP contribution in [0.5, 0.6) is 0 Å². The van der Waals surface area contributed by atoms with Crippen LogP contribution in [0.25, 0.3) is 11.0 Å². The number of amides is 1. The monoisotopic (exact) mass is 403 g/mol. The lowest BCUT2D eigenvalue weighted by molar-refractivity contribution is -0.155. The lowest BCUT2D eigenvalue weighted by Gasteiger charge is -2.60. The Hall–Kier alpha value is -1.89. The second-order valence-electron chi connectivity index (χ2n) is 9.13. The topological polar surface area (TPSA) is 83.1 Å². The average Bonchev–Trinajstić information content (AvgIpc) is 3.02. The molecule has 4 heterocycles. The first kappa shape index (κ1) is 19.4. The number of carbonyl (C=O) groups is 1. The summed E-state index contributed by atoms with van der Waals surface area (Å²) in [5.41, 5.74) is 2.03. The third-order valence-corrected chi connectivity index (χ3v) is 7.79. The van der Waals surface area contributed by atoms with Gasteiger partial charge >= 0.3 is 0 Å². The molecule has 3 fully saturated rings. The first-order chi connectivity index (χ1) is 13.1. The minimum atomic E-state index is -3.32. The van der Waals surface area contributed by atoms with Gasteiger partial charge in [0.05, 0.1) is 4.90 Å². The van der Waals surface area contributed by atoms with E-state index >= 15 is 0 Å². The zero-order valence-electron chi connectivity index (χ0n) is 17.0. The van der Waals surface area contributed by atoms with Gasteiger partial charge in [-0.3, -0.25) is 4.79 Å². The Labute approximate surface area is 166 Å². The Kier molecular flexibility index (Phi) is 4.56. The standard InChI is InChI=1S/C21H29N3O3S/c1-5-14-8-21(3)9-15(10-21)24(14)19(25)6-13(2)18-12-23-20-17(18)7-16(11-22-20)28(4,26)27/h7,11-15H,5-6,8-10H2,1-4H3,(H,22,23). The highest BCUT2D eigenvalue weighted by Gasteiger charge is 2.52. The van der Waals surface area contributed by atoms with Gasteiger partial charge in [-0.15, -0.1) is 0 Å². The van der Waals surface area contributed by atoms with Gasteiger partial charge in [-0.25, -0.2) is 13.4 Å². The van der Waals surface area contributed by atoms with Crippen molar-refractivity contribution < 1.29 is 13.2 Å². The molecule has 1 amide bonds. The zero-order chi connectivity index (χ0) is 20.3. The number of aromatic nitrogens is 2. The van der Waals surface area contributed by atoms with E-state index in [1.165, 1.54) is 12.5 Å². The molecule has 3 aliphatic rings. The number of rotatable bonds is 5. The molecule has 2 unspecified atom stereocenters. The van der Waals surface area contributed by atoms with Crippen molar-refractivity contribution in [1.29, 1.82) is 0 Å². The first-order valence-corrected chi connectivity index (χ1v) is 12.0. The molecule has 5 rings (SSSR count). The van der Waals surface area contributed by atoms with Crippen LogP contribution in [0, 0.1) is 5.41 Å². The van der Waals surface area contributed by atoms with Gasteiger partial charge in [0, 0.05) is 42.5 Å². The smallest absolute Gasteiger partial charge is 0.223 e. The molecule has 1 N–H and O–H groups in total. The molecule has 1 saturated carbocycles. The summed E-state index contributed by atoms with van der Waals surface area (Å²) in [6.45, 7) is 6.54. The number of pyridine rings is 1.